The van der Waals surface area contributed by atoms with Gasteiger partial charge in [-0.3, -0.25) is 4.79 Å². The van der Waals surface area contributed by atoms with Crippen LogP contribution in [-0.4, -0.2) is 16.3 Å². The van der Waals surface area contributed by atoms with E-state index in [0.717, 1.165) is 10.5 Å². The number of phenolic OH excluding ortho intramolecular Hbond substituents is 1. The highest BCUT2D eigenvalue weighted by atomic mass is 32.2. The van der Waals surface area contributed by atoms with E-state index in [-0.39, 0.29) is 16.9 Å². The number of carbonyl (C=O) groups excluding carboxylic acids is 1. The Morgan fingerprint density at radius 3 is 2.55 bits per heavy atom. The number of phenols is 1. The number of carbonyl (C=O) groups is 1. The van der Waals surface area contributed by atoms with Crippen molar-refractivity contribution in [2.24, 2.45) is 0 Å². The topological polar surface area (TPSA) is 49.3 Å². The molecule has 0 heterocycles. The standard InChI is InChI=1S/C16H17NO2S/c1-11-8-9-14(15(18)10-11)17-16(19)12(2)20-13-6-4-3-5-7-13/h3-10,12,18H,1-2H3,(H,17,19). The molecule has 0 radical (unpaired) electrons. The van der Waals surface area contributed by atoms with E-state index < -0.39 is 0 Å². The molecular formula is C16H17NO2S. The van der Waals surface area contributed by atoms with Crippen LogP contribution >= 0.6 is 11.8 Å². The minimum absolute atomic E-state index is 0.0928. The molecule has 0 aliphatic rings. The monoisotopic (exact) mass is 287 g/mol. The number of hydrogen-bond donors (Lipinski definition) is 2. The van der Waals surface area contributed by atoms with Gasteiger partial charge in [0, 0.05) is 4.90 Å². The summed E-state index contributed by atoms with van der Waals surface area (Å²) in [5.41, 5.74) is 1.40. The highest BCUT2D eigenvalue weighted by Crippen LogP contribution is 2.27. The van der Waals surface area contributed by atoms with Gasteiger partial charge in [-0.05, 0) is 43.7 Å². The molecule has 0 aromatic heterocycles. The molecule has 1 amide bonds. The number of anilines is 1. The van der Waals surface area contributed by atoms with Crippen molar-refractivity contribution in [2.45, 2.75) is 24.0 Å². The predicted octanol–water partition coefficient (Wildman–Crippen LogP) is 3.82. The molecule has 4 heteroatoms. The van der Waals surface area contributed by atoms with Gasteiger partial charge in [-0.15, -0.1) is 11.8 Å². The molecule has 0 aliphatic carbocycles. The maximum Gasteiger partial charge on any atom is 0.237 e. The smallest absolute Gasteiger partial charge is 0.237 e. The molecule has 3 nitrogen and oxygen atoms in total. The number of nitrogens with one attached hydrogen (secondary N) is 1. The zero-order valence-electron chi connectivity index (χ0n) is 11.5. The highest BCUT2D eigenvalue weighted by molar-refractivity contribution is 8.00. The third kappa shape index (κ3) is 3.78. The van der Waals surface area contributed by atoms with Crippen LogP contribution in [0.3, 0.4) is 0 Å². The average molecular weight is 287 g/mol. The summed E-state index contributed by atoms with van der Waals surface area (Å²) in [6.45, 7) is 3.73. The molecule has 1 unspecified atom stereocenters. The first-order valence-corrected chi connectivity index (χ1v) is 7.26. The van der Waals surface area contributed by atoms with E-state index in [0.29, 0.717) is 5.69 Å². The first kappa shape index (κ1) is 14.5. The van der Waals surface area contributed by atoms with Gasteiger partial charge in [0.25, 0.3) is 0 Å². The van der Waals surface area contributed by atoms with Crippen molar-refractivity contribution in [1.29, 1.82) is 0 Å². The van der Waals surface area contributed by atoms with Crippen molar-refractivity contribution in [3.05, 3.63) is 54.1 Å². The van der Waals surface area contributed by atoms with Crippen LogP contribution in [0.5, 0.6) is 5.75 Å². The van der Waals surface area contributed by atoms with Crippen LogP contribution in [0.25, 0.3) is 0 Å². The molecule has 2 aromatic rings. The van der Waals surface area contributed by atoms with Crippen molar-refractivity contribution >= 4 is 23.4 Å². The number of hydrogen-bond acceptors (Lipinski definition) is 3. The van der Waals surface area contributed by atoms with Gasteiger partial charge >= 0.3 is 0 Å². The van der Waals surface area contributed by atoms with Gasteiger partial charge in [0.1, 0.15) is 5.75 Å². The normalized spacial score (nSPS) is 11.9. The van der Waals surface area contributed by atoms with Crippen molar-refractivity contribution in [3.63, 3.8) is 0 Å². The quantitative estimate of drug-likeness (QED) is 0.664. The second kappa shape index (κ2) is 6.48. The summed E-state index contributed by atoms with van der Waals surface area (Å²) < 4.78 is 0. The van der Waals surface area contributed by atoms with E-state index in [4.69, 9.17) is 0 Å². The van der Waals surface area contributed by atoms with E-state index in [9.17, 15) is 9.90 Å². The lowest BCUT2D eigenvalue weighted by Gasteiger charge is -2.13. The molecular weight excluding hydrogens is 270 g/mol. The number of thioether (sulfide) groups is 1. The Morgan fingerprint density at radius 1 is 1.20 bits per heavy atom. The molecule has 20 heavy (non-hydrogen) atoms. The number of rotatable bonds is 4. The Bertz CT molecular complexity index is 599. The van der Waals surface area contributed by atoms with Gasteiger partial charge in [-0.1, -0.05) is 24.3 Å². The summed E-state index contributed by atoms with van der Waals surface area (Å²) >= 11 is 1.49. The number of benzene rings is 2. The highest BCUT2D eigenvalue weighted by Gasteiger charge is 2.15. The lowest BCUT2D eigenvalue weighted by atomic mass is 10.2. The summed E-state index contributed by atoms with van der Waals surface area (Å²) in [4.78, 5) is 13.2. The molecule has 1 atom stereocenters. The van der Waals surface area contributed by atoms with Crippen LogP contribution in [-0.2, 0) is 4.79 Å². The Hall–Kier alpha value is -1.94. The van der Waals surface area contributed by atoms with Crippen molar-refractivity contribution in [2.75, 3.05) is 5.32 Å². The fourth-order valence-corrected chi connectivity index (χ4v) is 2.63. The van der Waals surface area contributed by atoms with Crippen LogP contribution < -0.4 is 5.32 Å². The zero-order valence-corrected chi connectivity index (χ0v) is 12.3. The summed E-state index contributed by atoms with van der Waals surface area (Å²) in [5.74, 6) is -0.0340. The lowest BCUT2D eigenvalue weighted by Crippen LogP contribution is -2.22. The second-order valence-corrected chi connectivity index (χ2v) is 6.00. The van der Waals surface area contributed by atoms with Gasteiger partial charge in [-0.2, -0.15) is 0 Å². The summed E-state index contributed by atoms with van der Waals surface area (Å²) in [5, 5.41) is 12.3. The summed E-state index contributed by atoms with van der Waals surface area (Å²) in [6, 6.07) is 15.0. The van der Waals surface area contributed by atoms with Gasteiger partial charge in [0.05, 0.1) is 10.9 Å². The third-order valence-electron chi connectivity index (χ3n) is 2.84. The molecule has 0 bridgehead atoms. The maximum atomic E-state index is 12.1. The Morgan fingerprint density at radius 2 is 1.90 bits per heavy atom. The first-order valence-electron chi connectivity index (χ1n) is 6.38. The van der Waals surface area contributed by atoms with E-state index in [1.165, 1.54) is 11.8 Å². The Kier molecular flexibility index (Phi) is 4.69. The molecule has 0 aliphatic heterocycles. The van der Waals surface area contributed by atoms with Crippen molar-refractivity contribution in [1.82, 2.24) is 0 Å². The first-order chi connectivity index (χ1) is 9.56. The SMILES string of the molecule is Cc1ccc(NC(=O)C(C)Sc2ccccc2)c(O)c1. The largest absolute Gasteiger partial charge is 0.506 e. The third-order valence-corrected chi connectivity index (χ3v) is 3.95. The van der Waals surface area contributed by atoms with Crippen LogP contribution in [0, 0.1) is 6.92 Å². The molecule has 2 aromatic carbocycles. The molecule has 0 saturated heterocycles. The average Bonchev–Trinajstić information content (AvgIpc) is 2.43. The van der Waals surface area contributed by atoms with Gasteiger partial charge in [-0.25, -0.2) is 0 Å². The number of amides is 1. The fourth-order valence-electron chi connectivity index (χ4n) is 1.74. The Balaban J connectivity index is 2.01. The molecule has 0 saturated carbocycles. The molecule has 0 fully saturated rings. The minimum Gasteiger partial charge on any atom is -0.506 e. The summed E-state index contributed by atoms with van der Waals surface area (Å²) in [7, 11) is 0. The molecule has 2 N–H and O–H groups in total. The van der Waals surface area contributed by atoms with E-state index in [1.54, 1.807) is 12.1 Å². The fraction of sp³-hybridized carbons (Fsp3) is 0.188. The molecule has 0 spiro atoms. The van der Waals surface area contributed by atoms with Crippen LogP contribution in [0.2, 0.25) is 0 Å². The van der Waals surface area contributed by atoms with Gasteiger partial charge in [0.2, 0.25) is 5.91 Å². The number of aromatic hydroxyl groups is 1. The Labute approximate surface area is 123 Å². The van der Waals surface area contributed by atoms with Gasteiger partial charge in [0.15, 0.2) is 0 Å². The van der Waals surface area contributed by atoms with Crippen LogP contribution in [0.1, 0.15) is 12.5 Å². The maximum absolute atomic E-state index is 12.1. The summed E-state index contributed by atoms with van der Waals surface area (Å²) in [6.07, 6.45) is 0. The van der Waals surface area contributed by atoms with Gasteiger partial charge < -0.3 is 10.4 Å². The van der Waals surface area contributed by atoms with Crippen molar-refractivity contribution < 1.29 is 9.90 Å². The number of aryl methyl sites for hydroxylation is 1. The second-order valence-electron chi connectivity index (χ2n) is 4.58. The molecule has 104 valence electrons. The minimum atomic E-state index is -0.238. The lowest BCUT2D eigenvalue weighted by molar-refractivity contribution is -0.115. The van der Waals surface area contributed by atoms with E-state index in [2.05, 4.69) is 5.32 Å². The van der Waals surface area contributed by atoms with Crippen molar-refractivity contribution in [3.8, 4) is 5.75 Å². The molecule has 2 rings (SSSR count). The van der Waals surface area contributed by atoms with E-state index >= 15 is 0 Å². The zero-order chi connectivity index (χ0) is 14.5. The van der Waals surface area contributed by atoms with Crippen LogP contribution in [0.4, 0.5) is 5.69 Å². The van der Waals surface area contributed by atoms with Crippen LogP contribution in [0.15, 0.2) is 53.4 Å². The predicted molar refractivity (Wildman–Crippen MR) is 83.2 cm³/mol. The van der Waals surface area contributed by atoms with E-state index in [1.807, 2.05) is 50.2 Å².